The number of anilines is 1. The fourth-order valence-corrected chi connectivity index (χ4v) is 4.74. The maximum atomic E-state index is 13.3. The van der Waals surface area contributed by atoms with E-state index in [1.165, 1.54) is 18.2 Å². The number of nitrogens with one attached hydrogen (secondary N) is 1. The predicted molar refractivity (Wildman–Crippen MR) is 170 cm³/mol. The molecule has 0 spiro atoms. The minimum Gasteiger partial charge on any atom is -0.491 e. The molecule has 0 unspecified atom stereocenters. The van der Waals surface area contributed by atoms with Gasteiger partial charge in [-0.15, -0.1) is 0 Å². The molecule has 0 fully saturated rings. The Kier molecular flexibility index (Phi) is 13.5. The zero-order valence-corrected chi connectivity index (χ0v) is 27.6. The molecule has 0 bridgehead atoms. The number of imidazole rings is 1. The molecule has 16 nitrogen and oxygen atoms in total. The molecule has 0 aliphatic carbocycles. The number of carbonyl (C=O) groups excluding carboxylic acids is 4. The van der Waals surface area contributed by atoms with Crippen LogP contribution in [-0.2, 0) is 46.5 Å². The van der Waals surface area contributed by atoms with E-state index < -0.39 is 27.9 Å². The molecule has 0 aliphatic heterocycles. The summed E-state index contributed by atoms with van der Waals surface area (Å²) >= 11 is 0. The van der Waals surface area contributed by atoms with Crippen LogP contribution in [0, 0.1) is 6.92 Å². The van der Waals surface area contributed by atoms with Crippen molar-refractivity contribution in [2.75, 3.05) is 38.0 Å². The lowest BCUT2D eigenvalue weighted by molar-refractivity contribution is -0.145. The molecular formula is C30H40N6O10S. The molecule has 2 amide bonds. The van der Waals surface area contributed by atoms with E-state index in [4.69, 9.17) is 24.1 Å². The van der Waals surface area contributed by atoms with Crippen molar-refractivity contribution in [3.63, 3.8) is 0 Å². The number of amides is 2. The van der Waals surface area contributed by atoms with Gasteiger partial charge in [-0.1, -0.05) is 12.2 Å². The summed E-state index contributed by atoms with van der Waals surface area (Å²) in [5, 5.41) is 7.11. The molecule has 3 N–H and O–H groups in total. The number of ether oxygens (including phenoxy) is 3. The number of nitrogens with zero attached hydrogens (tertiary/aromatic N) is 4. The number of rotatable bonds is 19. The molecule has 256 valence electrons. The maximum absolute atomic E-state index is 13.3. The lowest BCUT2D eigenvalue weighted by atomic mass is 10.1. The first-order chi connectivity index (χ1) is 22.3. The zero-order chi connectivity index (χ0) is 34.6. The number of carbonyl (C=O) groups is 4. The van der Waals surface area contributed by atoms with Gasteiger partial charge in [0.25, 0.3) is 16.0 Å². The van der Waals surface area contributed by atoms with Crippen molar-refractivity contribution in [3.8, 4) is 5.75 Å². The molecule has 1 aromatic carbocycles. The third kappa shape index (κ3) is 11.2. The first-order valence-corrected chi connectivity index (χ1v) is 16.8. The maximum Gasteiger partial charge on any atom is 0.305 e. The Morgan fingerprint density at radius 1 is 1.00 bits per heavy atom. The molecule has 0 atom stereocenters. The first kappa shape index (κ1) is 36.7. The van der Waals surface area contributed by atoms with E-state index in [0.717, 1.165) is 6.26 Å². The van der Waals surface area contributed by atoms with Crippen LogP contribution in [0.2, 0.25) is 0 Å². The highest BCUT2D eigenvalue weighted by Gasteiger charge is 2.21. The predicted octanol–water partition coefficient (Wildman–Crippen LogP) is 2.49. The number of aryl methyl sites for hydroxylation is 2. The quantitative estimate of drug-likeness (QED) is 0.0811. The van der Waals surface area contributed by atoms with Gasteiger partial charge in [-0.05, 0) is 45.4 Å². The van der Waals surface area contributed by atoms with Crippen molar-refractivity contribution >= 4 is 50.9 Å². The minimum absolute atomic E-state index is 0.0467. The third-order valence-corrected chi connectivity index (χ3v) is 7.02. The van der Waals surface area contributed by atoms with Crippen molar-refractivity contribution in [2.24, 2.45) is 5.73 Å². The first-order valence-electron chi connectivity index (χ1n) is 15.0. The molecule has 47 heavy (non-hydrogen) atoms. The van der Waals surface area contributed by atoms with Gasteiger partial charge in [0.15, 0.2) is 0 Å². The van der Waals surface area contributed by atoms with Gasteiger partial charge >= 0.3 is 11.9 Å². The van der Waals surface area contributed by atoms with Crippen LogP contribution in [0.5, 0.6) is 5.75 Å². The van der Waals surface area contributed by atoms with Crippen molar-refractivity contribution < 1.29 is 46.0 Å². The van der Waals surface area contributed by atoms with Gasteiger partial charge in [0, 0.05) is 37.9 Å². The second-order valence-electron chi connectivity index (χ2n) is 10.2. The van der Waals surface area contributed by atoms with Crippen LogP contribution in [0.4, 0.5) is 5.95 Å². The van der Waals surface area contributed by atoms with Crippen LogP contribution in [0.15, 0.2) is 30.4 Å². The lowest BCUT2D eigenvalue weighted by Gasteiger charge is -2.13. The average Bonchev–Trinajstić information content (AvgIpc) is 3.55. The summed E-state index contributed by atoms with van der Waals surface area (Å²) in [6, 6.07) is 4.55. The summed E-state index contributed by atoms with van der Waals surface area (Å²) in [7, 11) is -3.65. The molecule has 2 aromatic heterocycles. The highest BCUT2D eigenvalue weighted by Crippen LogP contribution is 2.31. The number of primary amides is 1. The summed E-state index contributed by atoms with van der Waals surface area (Å²) in [4.78, 5) is 53.5. The van der Waals surface area contributed by atoms with Crippen LogP contribution in [-0.4, -0.2) is 84.2 Å². The van der Waals surface area contributed by atoms with Crippen molar-refractivity contribution in [3.05, 3.63) is 47.3 Å². The van der Waals surface area contributed by atoms with Crippen molar-refractivity contribution in [1.82, 2.24) is 19.3 Å². The van der Waals surface area contributed by atoms with Crippen LogP contribution < -0.4 is 15.8 Å². The van der Waals surface area contributed by atoms with Gasteiger partial charge in [0.2, 0.25) is 11.9 Å². The van der Waals surface area contributed by atoms with E-state index in [1.54, 1.807) is 35.2 Å². The molecular weight excluding hydrogens is 636 g/mol. The normalized spacial score (nSPS) is 11.6. The second-order valence-corrected chi connectivity index (χ2v) is 11.9. The smallest absolute Gasteiger partial charge is 0.305 e. The molecule has 17 heteroatoms. The monoisotopic (exact) mass is 676 g/mol. The number of hydrogen-bond acceptors (Lipinski definition) is 12. The fourth-order valence-electron chi connectivity index (χ4n) is 4.41. The molecule has 3 aromatic rings. The standard InChI is InChI=1S/C30H40N6O10S/c1-5-36-23(17-20(3)34-36)29(40)33-30-32-22-18-21(28(31)39)19-24(27(22)35(30)13-7-8-16-46-47(4,41)42)44-14-10-15-45-26(38)12-9-11-25(37)43-6-2/h7-8,17-19H,5-6,9-16H2,1-4H3,(H2,31,39)(H,32,33,40)/b8-7+. The lowest BCUT2D eigenvalue weighted by Crippen LogP contribution is -2.20. The molecule has 0 saturated carbocycles. The van der Waals surface area contributed by atoms with Gasteiger partial charge < -0.3 is 24.5 Å². The molecule has 0 radical (unpaired) electrons. The number of benzene rings is 1. The Morgan fingerprint density at radius 2 is 1.72 bits per heavy atom. The Morgan fingerprint density at radius 3 is 2.38 bits per heavy atom. The van der Waals surface area contributed by atoms with Gasteiger partial charge in [-0.2, -0.15) is 13.5 Å². The summed E-state index contributed by atoms with van der Waals surface area (Å²) in [6.07, 6.45) is 4.85. The largest absolute Gasteiger partial charge is 0.491 e. The Bertz CT molecular complexity index is 1730. The number of nitrogens with two attached hydrogens (primary N) is 1. The van der Waals surface area contributed by atoms with E-state index in [-0.39, 0.29) is 69.0 Å². The fraction of sp³-hybridized carbons (Fsp3) is 0.467. The van der Waals surface area contributed by atoms with E-state index in [9.17, 15) is 27.6 Å². The molecule has 3 rings (SSSR count). The van der Waals surface area contributed by atoms with Crippen LogP contribution in [0.1, 0.15) is 66.1 Å². The number of esters is 2. The average molecular weight is 677 g/mol. The van der Waals surface area contributed by atoms with Gasteiger partial charge in [0.1, 0.15) is 17.0 Å². The van der Waals surface area contributed by atoms with E-state index in [2.05, 4.69) is 15.4 Å². The van der Waals surface area contributed by atoms with Gasteiger partial charge in [-0.25, -0.2) is 4.98 Å². The Labute approximate surface area is 272 Å². The number of allylic oxidation sites excluding steroid dienone is 1. The molecule has 0 aliphatic rings. The summed E-state index contributed by atoms with van der Waals surface area (Å²) < 4.78 is 46.7. The van der Waals surface area contributed by atoms with Crippen molar-refractivity contribution in [1.29, 1.82) is 0 Å². The number of hydrogen-bond donors (Lipinski definition) is 2. The SMILES string of the molecule is CCOC(=O)CCCC(=O)OCCCOc1cc(C(N)=O)cc2nc(NC(=O)c3cc(C)nn3CC)n(C/C=C/COS(C)(=O)=O)c12. The Balaban J connectivity index is 1.83. The number of aromatic nitrogens is 4. The van der Waals surface area contributed by atoms with Crippen LogP contribution in [0.3, 0.4) is 0 Å². The number of fused-ring (bicyclic) bond motifs is 1. The van der Waals surface area contributed by atoms with E-state index in [1.807, 2.05) is 6.92 Å². The van der Waals surface area contributed by atoms with Crippen molar-refractivity contribution in [2.45, 2.75) is 59.5 Å². The topological polar surface area (TPSA) is 213 Å². The third-order valence-electron chi connectivity index (χ3n) is 6.46. The van der Waals surface area contributed by atoms with Crippen LogP contribution >= 0.6 is 0 Å². The molecule has 0 saturated heterocycles. The second kappa shape index (κ2) is 17.2. The van der Waals surface area contributed by atoms with E-state index >= 15 is 0 Å². The van der Waals surface area contributed by atoms with Crippen LogP contribution in [0.25, 0.3) is 11.0 Å². The summed E-state index contributed by atoms with van der Waals surface area (Å²) in [5.74, 6) is -1.70. The highest BCUT2D eigenvalue weighted by molar-refractivity contribution is 7.86. The molecule has 2 heterocycles. The van der Waals surface area contributed by atoms with E-state index in [0.29, 0.717) is 41.8 Å². The zero-order valence-electron chi connectivity index (χ0n) is 26.8. The summed E-state index contributed by atoms with van der Waals surface area (Å²) in [5.41, 5.74) is 7.36. The van der Waals surface area contributed by atoms with Gasteiger partial charge in [-0.3, -0.25) is 33.4 Å². The minimum atomic E-state index is -3.65. The Hall–Kier alpha value is -4.77. The summed E-state index contributed by atoms with van der Waals surface area (Å²) in [6.45, 7) is 6.07. The van der Waals surface area contributed by atoms with Gasteiger partial charge in [0.05, 0.1) is 43.9 Å². The highest BCUT2D eigenvalue weighted by atomic mass is 32.2.